The molecule has 3 aliphatic rings. The van der Waals surface area contributed by atoms with Gasteiger partial charge in [0.1, 0.15) is 11.5 Å². The first-order valence-electron chi connectivity index (χ1n) is 39.5. The molecule has 0 amide bonds. The number of aromatic nitrogens is 2. The van der Waals surface area contributed by atoms with Crippen molar-refractivity contribution in [3.8, 4) is 56.3 Å². The van der Waals surface area contributed by atoms with Crippen molar-refractivity contribution in [3.63, 3.8) is 0 Å². The third-order valence-electron chi connectivity index (χ3n) is 20.4. The molecular formula is C91H74BN3O. The van der Waals surface area contributed by atoms with Gasteiger partial charge in [-0.3, -0.25) is 0 Å². The molecule has 0 radical (unpaired) electrons. The maximum Gasteiger partial charge on any atom is 0.247 e. The molecule has 15 aromatic rings. The summed E-state index contributed by atoms with van der Waals surface area (Å²) in [6.45, 7) is 19.4. The van der Waals surface area contributed by atoms with Gasteiger partial charge in [-0.15, -0.1) is 0 Å². The molecule has 2 aromatic heterocycles. The zero-order valence-corrected chi connectivity index (χ0v) is 55.0. The van der Waals surface area contributed by atoms with Crippen molar-refractivity contribution >= 4 is 83.8 Å². The van der Waals surface area contributed by atoms with Gasteiger partial charge in [-0.1, -0.05) is 262 Å². The molecule has 462 valence electrons. The third-order valence-corrected chi connectivity index (χ3v) is 20.4. The van der Waals surface area contributed by atoms with Crippen molar-refractivity contribution in [2.75, 3.05) is 4.90 Å². The summed E-state index contributed by atoms with van der Waals surface area (Å²) in [5.41, 5.74) is 16.2. The molecule has 0 fully saturated rings. The number of rotatable bonds is 6. The molecule has 96 heavy (non-hydrogen) atoms. The Labute approximate surface area is 581 Å². The highest BCUT2D eigenvalue weighted by atomic mass is 16.5. The summed E-state index contributed by atoms with van der Waals surface area (Å²) in [6, 6.07) is 65.8. The minimum Gasteiger partial charge on any atom is -0.457 e. The van der Waals surface area contributed by atoms with Crippen LogP contribution in [0.4, 0.5) is 17.1 Å². The predicted molar refractivity (Wildman–Crippen MR) is 405 cm³/mol. The number of anilines is 3. The molecule has 0 aliphatic carbocycles. The number of nitrogens with zero attached hydrogens (tertiary/aromatic N) is 3. The second-order valence-corrected chi connectivity index (χ2v) is 29.1. The second kappa shape index (κ2) is 21.1. The van der Waals surface area contributed by atoms with Crippen molar-refractivity contribution in [2.45, 2.75) is 84.0 Å². The first-order valence-corrected chi connectivity index (χ1v) is 33.0. The molecule has 4 nitrogen and oxygen atoms in total. The monoisotopic (exact) mass is 1250 g/mol. The number of ether oxygens (including phenoxy) is 1. The van der Waals surface area contributed by atoms with Crippen LogP contribution < -0.4 is 26.0 Å². The summed E-state index contributed by atoms with van der Waals surface area (Å²) in [4.78, 5) is 2.39. The van der Waals surface area contributed by atoms with E-state index in [9.17, 15) is 13.7 Å². The summed E-state index contributed by atoms with van der Waals surface area (Å²) in [7, 11) is 0. The van der Waals surface area contributed by atoms with E-state index < -0.39 is 78.6 Å². The van der Waals surface area contributed by atoms with Crippen LogP contribution in [0.1, 0.15) is 119 Å². The second-order valence-electron chi connectivity index (χ2n) is 29.1. The Morgan fingerprint density at radius 3 is 1.42 bits per heavy atom. The van der Waals surface area contributed by atoms with Crippen LogP contribution in [0, 0.1) is 0 Å². The zero-order chi connectivity index (χ0) is 76.5. The fourth-order valence-corrected chi connectivity index (χ4v) is 15.8. The van der Waals surface area contributed by atoms with Gasteiger partial charge in [-0.25, -0.2) is 0 Å². The summed E-state index contributed by atoms with van der Waals surface area (Å²) in [6.07, 6.45) is 0. The fraction of sp³-hybridized carbons (Fsp3) is 0.143. The first-order chi connectivity index (χ1) is 51.9. The highest BCUT2D eigenvalue weighted by molar-refractivity contribution is 6.99. The van der Waals surface area contributed by atoms with Gasteiger partial charge in [0, 0.05) is 66.5 Å². The molecule has 1 spiro atoms. The summed E-state index contributed by atoms with van der Waals surface area (Å²) >= 11 is 0. The molecule has 0 atom stereocenters. The standard InChI is InChI=1S/C91H74BN3O/c1-88(2,3)61-42-47-80-70(50-61)71-51-62(89(4,5)6)43-48-81(71)94(80)65-55-75-86-83(56-65)95(87-68(58-29-15-11-16-30-58)52-63(90(7,8)9)53-69(87)59-31-17-12-18-32-59)82-49-60(57-27-13-10-14-28-57)41-45-77(82)92(86)76-46-44-64(93-78-37-23-19-33-66(78)67-34-20-24-38-79(67)93)54-74(76)91(75)72-35-21-25-39-84(72)96-85-40-26-22-36-73(85)91/h10-56H,1-9H3/i10D,13D,14D,19D,20D,23D,24D,27D,28D,33D,34D,37D,38D. The molecule has 0 saturated carbocycles. The lowest BCUT2D eigenvalue weighted by molar-refractivity contribution is 0.435. The number of hydrogen-bond donors (Lipinski definition) is 0. The van der Waals surface area contributed by atoms with Crippen molar-refractivity contribution < 1.29 is 22.6 Å². The van der Waals surface area contributed by atoms with Gasteiger partial charge >= 0.3 is 0 Å². The van der Waals surface area contributed by atoms with Gasteiger partial charge in [-0.05, 0) is 168 Å². The van der Waals surface area contributed by atoms with E-state index in [-0.39, 0.29) is 55.7 Å². The molecule has 18 rings (SSSR count). The predicted octanol–water partition coefficient (Wildman–Crippen LogP) is 21.9. The van der Waals surface area contributed by atoms with Gasteiger partial charge in [0.05, 0.1) is 51.0 Å². The van der Waals surface area contributed by atoms with Crippen LogP contribution in [0.5, 0.6) is 11.5 Å². The van der Waals surface area contributed by atoms with Gasteiger partial charge in [0.2, 0.25) is 6.71 Å². The van der Waals surface area contributed by atoms with E-state index in [1.807, 2.05) is 78.9 Å². The van der Waals surface area contributed by atoms with E-state index in [1.54, 1.807) is 4.57 Å². The zero-order valence-electron chi connectivity index (χ0n) is 68.0. The van der Waals surface area contributed by atoms with Crippen LogP contribution in [0.15, 0.2) is 285 Å². The van der Waals surface area contributed by atoms with E-state index in [2.05, 4.69) is 199 Å². The molecule has 0 unspecified atom stereocenters. The smallest absolute Gasteiger partial charge is 0.247 e. The number of fused-ring (bicyclic) bond motifs is 16. The number of benzene rings is 13. The molecule has 0 bridgehead atoms. The minimum atomic E-state index is -1.40. The fourth-order valence-electron chi connectivity index (χ4n) is 15.8. The first kappa shape index (κ1) is 45.5. The Bertz CT molecular complexity index is 6240. The average molecular weight is 1250 g/mol. The average Bonchev–Trinajstić information content (AvgIpc) is 0.677. The van der Waals surface area contributed by atoms with Crippen LogP contribution in [0.2, 0.25) is 0 Å². The van der Waals surface area contributed by atoms with Crippen molar-refractivity contribution in [1.29, 1.82) is 0 Å². The Hall–Kier alpha value is -10.9. The molecule has 0 saturated heterocycles. The van der Waals surface area contributed by atoms with Gasteiger partial charge in [-0.2, -0.15) is 0 Å². The molecular weight excluding hydrogens is 1160 g/mol. The largest absolute Gasteiger partial charge is 0.457 e. The van der Waals surface area contributed by atoms with Crippen LogP contribution >= 0.6 is 0 Å². The van der Waals surface area contributed by atoms with Crippen LogP contribution in [-0.4, -0.2) is 15.8 Å². The van der Waals surface area contributed by atoms with Gasteiger partial charge in [0.15, 0.2) is 0 Å². The SMILES string of the molecule is [2H]c1c([2H])c([2H])c(-c2ccc3c(c2)N(c2c(-c4ccccc4)cc(C(C)(C)C)cc2-c2ccccc2)c2cc(-n4c5ccc(C(C)(C)C)cc5c5cc(C(C)(C)C)ccc54)cc4c2B3c2ccc(-n3c5c([2H])c([2H])c([2H])c([2H])c5c5c([2H])c([2H])c([2H])c([2H])c53)cc2C42c3ccccc3Oc3ccccc32)c([2H])c1[2H]. The lowest BCUT2D eigenvalue weighted by Gasteiger charge is -2.50. The maximum absolute atomic E-state index is 9.84. The number of hydrogen-bond acceptors (Lipinski definition) is 2. The van der Waals surface area contributed by atoms with Crippen LogP contribution in [-0.2, 0) is 21.7 Å². The minimum absolute atomic E-state index is 0.0223. The molecule has 5 heterocycles. The van der Waals surface area contributed by atoms with Crippen LogP contribution in [0.3, 0.4) is 0 Å². The van der Waals surface area contributed by atoms with E-state index in [0.717, 1.165) is 116 Å². The Kier molecular flexibility index (Phi) is 9.97. The van der Waals surface area contributed by atoms with E-state index in [0.29, 0.717) is 28.4 Å². The maximum atomic E-state index is 9.84. The van der Waals surface area contributed by atoms with Crippen molar-refractivity contribution in [2.24, 2.45) is 0 Å². The van der Waals surface area contributed by atoms with Gasteiger partial charge in [0.25, 0.3) is 0 Å². The quantitative estimate of drug-likeness (QED) is 0.155. The van der Waals surface area contributed by atoms with E-state index in [4.69, 9.17) is 8.85 Å². The summed E-state index contributed by atoms with van der Waals surface area (Å²) < 4.78 is 133. The topological polar surface area (TPSA) is 22.3 Å². The lowest BCUT2D eigenvalue weighted by atomic mass is 9.29. The number of para-hydroxylation sites is 4. The van der Waals surface area contributed by atoms with Crippen molar-refractivity contribution in [1.82, 2.24) is 9.13 Å². The lowest BCUT2D eigenvalue weighted by Crippen LogP contribution is -2.65. The highest BCUT2D eigenvalue weighted by Crippen LogP contribution is 2.59. The Balaban J connectivity index is 1.09. The molecule has 0 N–H and O–H groups in total. The third kappa shape index (κ3) is 8.61. The highest BCUT2D eigenvalue weighted by Gasteiger charge is 2.55. The molecule has 13 aromatic carbocycles. The summed E-state index contributed by atoms with van der Waals surface area (Å²) in [5.74, 6) is 1.15. The van der Waals surface area contributed by atoms with E-state index >= 15 is 0 Å². The van der Waals surface area contributed by atoms with Crippen LogP contribution in [0.25, 0.3) is 88.4 Å². The Morgan fingerprint density at radius 2 is 0.854 bits per heavy atom. The Morgan fingerprint density at radius 1 is 0.354 bits per heavy atom. The normalized spacial score (nSPS) is 15.7. The van der Waals surface area contributed by atoms with E-state index in [1.165, 1.54) is 0 Å². The summed E-state index contributed by atoms with van der Waals surface area (Å²) in [5, 5.41) is 2.03. The van der Waals surface area contributed by atoms with Crippen molar-refractivity contribution in [3.05, 3.63) is 324 Å². The van der Waals surface area contributed by atoms with Gasteiger partial charge < -0.3 is 18.8 Å². The molecule has 5 heteroatoms. The molecule has 3 aliphatic heterocycles.